The largest absolute Gasteiger partial charge is 0.673 e. The molecule has 3 aromatic carbocycles. The van der Waals surface area contributed by atoms with Gasteiger partial charge < -0.3 is 17.3 Å². The molecule has 220 valence electrons. The van der Waals surface area contributed by atoms with Crippen molar-refractivity contribution < 1.29 is 45.7 Å². The fourth-order valence-corrected chi connectivity index (χ4v) is 8.06. The molecule has 0 aliphatic rings. The van der Waals surface area contributed by atoms with Crippen LogP contribution in [0, 0.1) is 0 Å². The van der Waals surface area contributed by atoms with E-state index < -0.39 is 21.2 Å². The number of benzene rings is 3. The molecule has 0 aliphatic carbocycles. The Labute approximate surface area is 237 Å². The summed E-state index contributed by atoms with van der Waals surface area (Å²) < 4.78 is 76.3. The predicted octanol–water partition coefficient (Wildman–Crippen LogP) is 3.59. The van der Waals surface area contributed by atoms with Gasteiger partial charge in [0, 0.05) is 0 Å². The quantitative estimate of drug-likeness (QED) is 0.129. The number of halogens is 4. The molecule has 0 atom stereocenters. The summed E-state index contributed by atoms with van der Waals surface area (Å²) in [5, 5.41) is 0. The maximum Gasteiger partial charge on any atom is 0.673 e. The summed E-state index contributed by atoms with van der Waals surface area (Å²) in [6.45, 7) is 4.24. The monoisotopic (exact) mass is 634 g/mol. The van der Waals surface area contributed by atoms with E-state index in [0.29, 0.717) is 52.9 Å². The number of para-hydroxylation sites is 2. The molecule has 0 bridgehead atoms. The van der Waals surface area contributed by atoms with Gasteiger partial charge in [0.05, 0.1) is 0 Å². The Balaban J connectivity index is 0.00000103. The summed E-state index contributed by atoms with van der Waals surface area (Å²) in [6.07, 6.45) is 0. The number of methoxy groups -OCH3 is 2. The Hall–Kier alpha value is -2.60. The summed E-state index contributed by atoms with van der Waals surface area (Å²) in [7, 11) is -2.67. The van der Waals surface area contributed by atoms with Gasteiger partial charge in [0.1, 0.15) is 0 Å². The van der Waals surface area contributed by atoms with Crippen molar-refractivity contribution in [1.82, 2.24) is 0 Å². The van der Waals surface area contributed by atoms with E-state index in [1.165, 1.54) is 13.4 Å². The molecule has 0 spiro atoms. The molecule has 12 heteroatoms. The average Bonchev–Trinajstić information content (AvgIpc) is 2.94. The molecule has 0 unspecified atom stereocenters. The zero-order valence-corrected chi connectivity index (χ0v) is 24.3. The van der Waals surface area contributed by atoms with Crippen molar-refractivity contribution in [1.29, 1.82) is 0 Å². The summed E-state index contributed by atoms with van der Waals surface area (Å²) in [6, 6.07) is 27.2. The molecule has 0 aliphatic heterocycles. The molecule has 0 saturated heterocycles. The zero-order valence-electron chi connectivity index (χ0n) is 22.6. The third-order valence-electron chi connectivity index (χ3n) is 4.95. The predicted molar refractivity (Wildman–Crippen MR) is 151 cm³/mol. The normalized spacial score (nSPS) is 11.2. The van der Waals surface area contributed by atoms with Gasteiger partial charge in [-0.15, -0.1) is 0 Å². The van der Waals surface area contributed by atoms with Crippen molar-refractivity contribution in [2.45, 2.75) is 0 Å². The fraction of sp³-hybridized carbons (Fsp3) is 0.357. The van der Waals surface area contributed by atoms with Crippen LogP contribution in [0.15, 0.2) is 78.9 Å². The Morgan fingerprint density at radius 1 is 0.525 bits per heavy atom. The van der Waals surface area contributed by atoms with Crippen LogP contribution < -0.4 is 22.9 Å². The van der Waals surface area contributed by atoms with Gasteiger partial charge in [0.25, 0.3) is 0 Å². The van der Waals surface area contributed by atoms with Crippen LogP contribution in [0.4, 0.5) is 17.3 Å². The second-order valence-corrected chi connectivity index (χ2v) is 12.0. The molecule has 40 heavy (non-hydrogen) atoms. The van der Waals surface area contributed by atoms with Crippen LogP contribution in [-0.4, -0.2) is 88.2 Å². The van der Waals surface area contributed by atoms with Gasteiger partial charge in [-0.05, 0) is 0 Å². The van der Waals surface area contributed by atoms with Gasteiger partial charge in [-0.25, -0.2) is 0 Å². The molecule has 0 fully saturated rings. The van der Waals surface area contributed by atoms with Crippen LogP contribution in [-0.2, 0) is 18.9 Å². The van der Waals surface area contributed by atoms with Crippen molar-refractivity contribution in [3.05, 3.63) is 78.9 Å². The first-order chi connectivity index (χ1) is 19.3. The second-order valence-electron chi connectivity index (χ2n) is 7.91. The first-order valence-corrected chi connectivity index (χ1v) is 15.2. The van der Waals surface area contributed by atoms with Crippen LogP contribution in [0.1, 0.15) is 0 Å². The minimum atomic E-state index is -6.00. The molecule has 0 heterocycles. The standard InChI is InChI=1S/C28H35O6Se.BF4/c1-29-16-18-31-20-22-33-25-12-6-8-14-27(25)35(24-10-4-3-5-11-24)28-15-9-7-13-26(28)34-23-21-32-19-17-30-2;2-1(3,4)5/h3-15H,16-23H2,1-2H3;/q+1;-1. The van der Waals surface area contributed by atoms with Crippen molar-refractivity contribution >= 4 is 34.5 Å². The summed E-state index contributed by atoms with van der Waals surface area (Å²) in [5.74, 6) is 1.77. The van der Waals surface area contributed by atoms with Gasteiger partial charge in [-0.1, -0.05) is 0 Å². The average molecular weight is 633 g/mol. The topological polar surface area (TPSA) is 55.4 Å². The van der Waals surface area contributed by atoms with Gasteiger partial charge in [0.15, 0.2) is 0 Å². The van der Waals surface area contributed by atoms with E-state index in [1.54, 1.807) is 14.2 Å². The van der Waals surface area contributed by atoms with Gasteiger partial charge in [0.2, 0.25) is 0 Å². The SMILES string of the molecule is COCCOCCOc1ccccc1[Se+](c1ccccc1)c1ccccc1OCCOCCOC.F[B-](F)(F)F. The van der Waals surface area contributed by atoms with E-state index >= 15 is 0 Å². The Morgan fingerprint density at radius 3 is 1.32 bits per heavy atom. The molecular weight excluding hydrogens is 598 g/mol. The number of hydrogen-bond acceptors (Lipinski definition) is 6. The maximum absolute atomic E-state index is 9.75. The Bertz CT molecular complexity index is 1010. The Morgan fingerprint density at radius 2 is 0.900 bits per heavy atom. The molecule has 3 rings (SSSR count). The van der Waals surface area contributed by atoms with Gasteiger partial charge >= 0.3 is 220 Å². The number of ether oxygens (including phenoxy) is 6. The van der Waals surface area contributed by atoms with Crippen LogP contribution in [0.25, 0.3) is 0 Å². The minimum Gasteiger partial charge on any atom is -0.418 e. The Kier molecular flexibility index (Phi) is 16.4. The maximum atomic E-state index is 9.75. The molecule has 0 N–H and O–H groups in total. The zero-order chi connectivity index (χ0) is 29.1. The molecular formula is C28H35BF4O6Se. The number of hydrogen-bond donors (Lipinski definition) is 0. The molecule has 6 nitrogen and oxygen atoms in total. The van der Waals surface area contributed by atoms with E-state index in [9.17, 15) is 17.3 Å². The third kappa shape index (κ3) is 13.7. The van der Waals surface area contributed by atoms with Crippen LogP contribution in [0.2, 0.25) is 0 Å². The third-order valence-corrected chi connectivity index (χ3v) is 9.77. The molecule has 0 radical (unpaired) electrons. The summed E-state index contributed by atoms with van der Waals surface area (Å²) >= 11 is -1.72. The first kappa shape index (κ1) is 33.6. The molecule has 0 amide bonds. The molecule has 0 aromatic heterocycles. The van der Waals surface area contributed by atoms with Gasteiger partial charge in [-0.3, -0.25) is 0 Å². The van der Waals surface area contributed by atoms with E-state index in [1.807, 2.05) is 30.3 Å². The fourth-order valence-electron chi connectivity index (χ4n) is 3.31. The summed E-state index contributed by atoms with van der Waals surface area (Å²) in [4.78, 5) is 0. The van der Waals surface area contributed by atoms with Crippen LogP contribution >= 0.6 is 0 Å². The minimum absolute atomic E-state index is 0.478. The van der Waals surface area contributed by atoms with Crippen molar-refractivity contribution in [3.63, 3.8) is 0 Å². The molecule has 0 saturated carbocycles. The van der Waals surface area contributed by atoms with Gasteiger partial charge in [-0.2, -0.15) is 0 Å². The van der Waals surface area contributed by atoms with Crippen molar-refractivity contribution in [2.24, 2.45) is 0 Å². The number of rotatable bonds is 17. The second kappa shape index (κ2) is 19.5. The molecule has 3 aromatic rings. The van der Waals surface area contributed by atoms with E-state index in [0.717, 1.165) is 11.5 Å². The van der Waals surface area contributed by atoms with Crippen LogP contribution in [0.3, 0.4) is 0 Å². The van der Waals surface area contributed by atoms with Crippen molar-refractivity contribution in [2.75, 3.05) is 67.1 Å². The van der Waals surface area contributed by atoms with E-state index in [2.05, 4.69) is 48.5 Å². The van der Waals surface area contributed by atoms with E-state index in [-0.39, 0.29) is 0 Å². The summed E-state index contributed by atoms with van der Waals surface area (Å²) in [5.41, 5.74) is 0. The van der Waals surface area contributed by atoms with Crippen molar-refractivity contribution in [3.8, 4) is 11.5 Å². The van der Waals surface area contributed by atoms with Crippen LogP contribution in [0.5, 0.6) is 11.5 Å². The first-order valence-electron chi connectivity index (χ1n) is 12.6. The smallest absolute Gasteiger partial charge is 0.418 e. The van der Waals surface area contributed by atoms with E-state index in [4.69, 9.17) is 28.4 Å².